The Hall–Kier alpha value is 0.358. The smallest absolute Gasteiger partial charge is 0.542 e. The molecule has 7 heavy (non-hydrogen) atoms. The summed E-state index contributed by atoms with van der Waals surface area (Å²) in [4.78, 5) is 8.68. The molecule has 0 aromatic carbocycles. The van der Waals surface area contributed by atoms with Crippen molar-refractivity contribution < 1.29 is 25.9 Å². The topological polar surface area (TPSA) is 17.1 Å². The Morgan fingerprint density at radius 1 is 1.71 bits per heavy atom. The van der Waals surface area contributed by atoms with Crippen LogP contribution in [-0.4, -0.2) is 6.29 Å². The molecule has 0 fully saturated rings. The Morgan fingerprint density at radius 2 is 1.71 bits per heavy atom. The number of hydrogen-bond donors (Lipinski definition) is 0. The molecule has 0 spiro atoms. The summed E-state index contributed by atoms with van der Waals surface area (Å²) in [7, 11) is 0. The molecule has 0 radical (unpaired) electrons. The van der Waals surface area contributed by atoms with Gasteiger partial charge in [0.2, 0.25) is 0 Å². The van der Waals surface area contributed by atoms with Crippen LogP contribution in [0.5, 0.6) is 0 Å². The van der Waals surface area contributed by atoms with Crippen LogP contribution in [0.3, 0.4) is 0 Å². The first-order chi connectivity index (χ1) is 2.83. The molecule has 1 nitrogen and oxygen atoms in total. The number of hydrogen-bond acceptors (Lipinski definition) is 1. The quantitative estimate of drug-likeness (QED) is 0.607. The van der Waals surface area contributed by atoms with Gasteiger partial charge >= 0.3 is 21.1 Å². The summed E-state index contributed by atoms with van der Waals surface area (Å²) < 4.78 is 0. The zero-order chi connectivity index (χ0) is 5.41. The Labute approximate surface area is 59.8 Å². The van der Waals surface area contributed by atoms with E-state index in [1.54, 1.807) is 0 Å². The molecule has 0 atom stereocenters. The second-order valence-corrected chi connectivity index (χ2v) is 0.704. The Morgan fingerprint density at radius 3 is 1.71 bits per heavy atom. The molecule has 42 valence electrons. The zero-order valence-electron chi connectivity index (χ0n) is 4.73. The maximum Gasteiger partial charge on any atom is 2.00 e. The van der Waals surface area contributed by atoms with Gasteiger partial charge < -0.3 is 11.7 Å². The van der Waals surface area contributed by atoms with Gasteiger partial charge in [-0.05, 0) is 0 Å². The maximum absolute atomic E-state index is 8.68. The van der Waals surface area contributed by atoms with Gasteiger partial charge in [-0.25, -0.2) is 0 Å². The van der Waals surface area contributed by atoms with Gasteiger partial charge in [0.1, 0.15) is 0 Å². The van der Waals surface area contributed by atoms with Crippen molar-refractivity contribution >= 4 is 6.29 Å². The van der Waals surface area contributed by atoms with Gasteiger partial charge in [0, 0.05) is 0 Å². The van der Waals surface area contributed by atoms with Gasteiger partial charge in [0.15, 0.2) is 0 Å². The minimum absolute atomic E-state index is 0. The molecule has 0 aliphatic carbocycles. The summed E-state index contributed by atoms with van der Waals surface area (Å²) in [5.74, 6) is 0. The molecule has 0 aromatic rings. The van der Waals surface area contributed by atoms with E-state index in [-0.39, 0.29) is 21.1 Å². The summed E-state index contributed by atoms with van der Waals surface area (Å²) in [5.41, 5.74) is 0. The van der Waals surface area contributed by atoms with Crippen molar-refractivity contribution in [2.24, 2.45) is 0 Å². The van der Waals surface area contributed by atoms with E-state index in [4.69, 9.17) is 4.79 Å². The molecule has 0 aliphatic rings. The normalized spacial score (nSPS) is 4.43. The average molecular weight is 270 g/mol. The second-order valence-electron chi connectivity index (χ2n) is 0.704. The van der Waals surface area contributed by atoms with E-state index < -0.39 is 0 Å². The predicted octanol–water partition coefficient (Wildman–Crippen LogP) is 1.34. The molecule has 2 heteroatoms. The summed E-state index contributed by atoms with van der Waals surface area (Å²) in [6.45, 7) is 6.82. The van der Waals surface area contributed by atoms with Crippen LogP contribution in [0.4, 0.5) is 0 Å². The Balaban J connectivity index is -0.0000000400. The van der Waals surface area contributed by atoms with E-state index in [0.717, 1.165) is 6.42 Å². The SMILES string of the molecule is C[C-]=O.[CH2-]CC.[W+2]. The van der Waals surface area contributed by atoms with Gasteiger partial charge in [-0.15, -0.1) is 0 Å². The van der Waals surface area contributed by atoms with Crippen molar-refractivity contribution in [3.05, 3.63) is 6.92 Å². The fraction of sp³-hybridized carbons (Fsp3) is 0.600. The van der Waals surface area contributed by atoms with Crippen molar-refractivity contribution in [3.63, 3.8) is 0 Å². The summed E-state index contributed by atoms with van der Waals surface area (Å²) in [6, 6.07) is 0. The van der Waals surface area contributed by atoms with E-state index >= 15 is 0 Å². The molecule has 0 aliphatic heterocycles. The van der Waals surface area contributed by atoms with Crippen molar-refractivity contribution in [1.82, 2.24) is 0 Å². The molecule has 0 saturated heterocycles. The fourth-order valence-corrected chi connectivity index (χ4v) is 0. The first-order valence-corrected chi connectivity index (χ1v) is 1.91. The molecule has 0 saturated carbocycles. The van der Waals surface area contributed by atoms with Crippen molar-refractivity contribution in [2.75, 3.05) is 0 Å². The van der Waals surface area contributed by atoms with Crippen LogP contribution in [0.2, 0.25) is 0 Å². The van der Waals surface area contributed by atoms with E-state index in [1.807, 2.05) is 6.92 Å². The van der Waals surface area contributed by atoms with Crippen LogP contribution in [0.15, 0.2) is 0 Å². The van der Waals surface area contributed by atoms with Crippen molar-refractivity contribution in [1.29, 1.82) is 0 Å². The molecule has 0 bridgehead atoms. The summed E-state index contributed by atoms with van der Waals surface area (Å²) in [5, 5.41) is 0. The van der Waals surface area contributed by atoms with Gasteiger partial charge in [0.25, 0.3) is 0 Å². The third-order valence-corrected chi connectivity index (χ3v) is 0. The number of carbonyl (C=O) groups excluding carboxylic acids is 1. The van der Waals surface area contributed by atoms with Gasteiger partial charge in [0.05, 0.1) is 0 Å². The Kier molecular flexibility index (Phi) is 73.4. The third-order valence-electron chi connectivity index (χ3n) is 0. The largest absolute Gasteiger partial charge is 2.00 e. The van der Waals surface area contributed by atoms with Crippen LogP contribution in [0.25, 0.3) is 0 Å². The van der Waals surface area contributed by atoms with Gasteiger partial charge in [-0.3, -0.25) is 6.29 Å². The third kappa shape index (κ3) is 941. The zero-order valence-corrected chi connectivity index (χ0v) is 7.66. The summed E-state index contributed by atoms with van der Waals surface area (Å²) >= 11 is 0. The second kappa shape index (κ2) is 32.8. The van der Waals surface area contributed by atoms with Crippen molar-refractivity contribution in [2.45, 2.75) is 20.3 Å². The van der Waals surface area contributed by atoms with E-state index in [2.05, 4.69) is 6.92 Å². The standard InChI is InChI=1S/C3H7.C2H3O.W/c1-3-2;1-2-3;/h1,3H2,2H3;1H3;/q2*-1;+2. The molecule has 0 heterocycles. The van der Waals surface area contributed by atoms with E-state index in [0.29, 0.717) is 0 Å². The first-order valence-electron chi connectivity index (χ1n) is 1.91. The first kappa shape index (κ1) is 15.7. The van der Waals surface area contributed by atoms with Crippen molar-refractivity contribution in [3.8, 4) is 0 Å². The molecular formula is C5H10OW. The van der Waals surface area contributed by atoms with Crippen LogP contribution in [0, 0.1) is 6.92 Å². The number of rotatable bonds is 0. The minimum Gasteiger partial charge on any atom is -0.542 e. The maximum atomic E-state index is 8.68. The molecule has 0 N–H and O–H groups in total. The fourth-order valence-electron chi connectivity index (χ4n) is 0. The molecule has 0 amide bonds. The molecule has 0 rings (SSSR count). The van der Waals surface area contributed by atoms with Crippen LogP contribution >= 0.6 is 0 Å². The van der Waals surface area contributed by atoms with E-state index in [9.17, 15) is 0 Å². The summed E-state index contributed by atoms with van der Waals surface area (Å²) in [6.07, 6.45) is 2.50. The average Bonchev–Trinajstić information content (AvgIpc) is 1.39. The monoisotopic (exact) mass is 270 g/mol. The minimum atomic E-state index is 0. The van der Waals surface area contributed by atoms with Crippen LogP contribution < -0.4 is 0 Å². The molecule has 0 unspecified atom stereocenters. The van der Waals surface area contributed by atoms with Gasteiger partial charge in [-0.2, -0.15) is 13.3 Å². The predicted molar refractivity (Wildman–Crippen MR) is 27.0 cm³/mol. The van der Waals surface area contributed by atoms with Gasteiger partial charge in [-0.1, -0.05) is 6.92 Å². The Bertz CT molecular complexity index is 22.0. The molecule has 0 aromatic heterocycles. The molecular weight excluding hydrogens is 260 g/mol. The van der Waals surface area contributed by atoms with Crippen LogP contribution in [-0.2, 0) is 25.9 Å². The van der Waals surface area contributed by atoms with E-state index in [1.165, 1.54) is 13.2 Å². The van der Waals surface area contributed by atoms with Crippen LogP contribution in [0.1, 0.15) is 20.3 Å².